The molecule has 0 spiro atoms. The predicted octanol–water partition coefficient (Wildman–Crippen LogP) is 2.98. The second kappa shape index (κ2) is 5.16. The molecule has 0 amide bonds. The highest BCUT2D eigenvalue weighted by molar-refractivity contribution is 5.24. The van der Waals surface area contributed by atoms with E-state index in [0.717, 1.165) is 6.42 Å². The van der Waals surface area contributed by atoms with Crippen molar-refractivity contribution in [3.63, 3.8) is 0 Å². The quantitative estimate of drug-likeness (QED) is 0.777. The molecule has 0 unspecified atom stereocenters. The first-order valence-corrected chi connectivity index (χ1v) is 5.33. The molecule has 0 saturated carbocycles. The van der Waals surface area contributed by atoms with E-state index < -0.39 is 0 Å². The molecule has 0 aliphatic heterocycles. The maximum atomic E-state index is 8.94. The van der Waals surface area contributed by atoms with Gasteiger partial charge >= 0.3 is 0 Å². The smallest absolute Gasteiger partial charge is 0.0459 e. The van der Waals surface area contributed by atoms with Crippen LogP contribution in [0.4, 0.5) is 0 Å². The first-order chi connectivity index (χ1) is 6.63. The minimum absolute atomic E-state index is 0.270. The fraction of sp³-hybridized carbons (Fsp3) is 0.538. The molecule has 1 aromatic rings. The fourth-order valence-corrected chi connectivity index (χ4v) is 1.51. The molecule has 0 aromatic heterocycles. The largest absolute Gasteiger partial charge is 0.396 e. The predicted molar refractivity (Wildman–Crippen MR) is 60.5 cm³/mol. The number of hydrogen-bond donors (Lipinski definition) is 1. The van der Waals surface area contributed by atoms with Gasteiger partial charge in [0.25, 0.3) is 0 Å². The Morgan fingerprint density at radius 2 is 1.64 bits per heavy atom. The molecule has 78 valence electrons. The molecule has 14 heavy (non-hydrogen) atoms. The number of rotatable bonds is 4. The molecule has 0 heterocycles. The molecule has 1 aromatic carbocycles. The third-order valence-corrected chi connectivity index (χ3v) is 2.54. The van der Waals surface area contributed by atoms with Crippen molar-refractivity contribution in [2.24, 2.45) is 5.92 Å². The minimum Gasteiger partial charge on any atom is -0.396 e. The lowest BCUT2D eigenvalue weighted by Crippen LogP contribution is -2.04. The maximum absolute atomic E-state index is 8.94. The lowest BCUT2D eigenvalue weighted by atomic mass is 9.97. The van der Waals surface area contributed by atoms with Crippen molar-refractivity contribution >= 4 is 0 Å². The number of benzene rings is 1. The van der Waals surface area contributed by atoms with Crippen LogP contribution in [0.3, 0.4) is 0 Å². The summed E-state index contributed by atoms with van der Waals surface area (Å²) < 4.78 is 0. The average Bonchev–Trinajstić information content (AvgIpc) is 2.18. The van der Waals surface area contributed by atoms with Gasteiger partial charge < -0.3 is 5.11 Å². The van der Waals surface area contributed by atoms with E-state index in [-0.39, 0.29) is 6.61 Å². The molecule has 0 aliphatic carbocycles. The van der Waals surface area contributed by atoms with E-state index in [9.17, 15) is 0 Å². The zero-order chi connectivity index (χ0) is 10.6. The first-order valence-electron chi connectivity index (χ1n) is 5.33. The molecule has 1 rings (SSSR count). The Morgan fingerprint density at radius 1 is 1.07 bits per heavy atom. The van der Waals surface area contributed by atoms with Gasteiger partial charge in [0.1, 0.15) is 0 Å². The lowest BCUT2D eigenvalue weighted by Gasteiger charge is -2.09. The Hall–Kier alpha value is -0.820. The molecule has 1 nitrogen and oxygen atoms in total. The van der Waals surface area contributed by atoms with Gasteiger partial charge in [-0.2, -0.15) is 0 Å². The van der Waals surface area contributed by atoms with E-state index in [4.69, 9.17) is 5.11 Å². The molecule has 0 radical (unpaired) electrons. The van der Waals surface area contributed by atoms with Crippen LogP contribution >= 0.6 is 0 Å². The van der Waals surface area contributed by atoms with E-state index in [2.05, 4.69) is 45.0 Å². The highest BCUT2D eigenvalue weighted by Gasteiger charge is 2.03. The van der Waals surface area contributed by atoms with E-state index in [0.29, 0.717) is 11.8 Å². The standard InChI is InChI=1S/C13H20O/c1-10(2)13-6-4-12(5-7-13)8-11(3)9-14/h4-7,10-11,14H,8-9H2,1-3H3/t11-/m0/s1. The highest BCUT2D eigenvalue weighted by Crippen LogP contribution is 2.16. The summed E-state index contributed by atoms with van der Waals surface area (Å²) in [5.74, 6) is 0.958. The van der Waals surface area contributed by atoms with Crippen molar-refractivity contribution in [1.82, 2.24) is 0 Å². The number of aliphatic hydroxyl groups excluding tert-OH is 1. The van der Waals surface area contributed by atoms with Crippen LogP contribution in [0, 0.1) is 5.92 Å². The summed E-state index contributed by atoms with van der Waals surface area (Å²) in [6, 6.07) is 8.71. The van der Waals surface area contributed by atoms with Gasteiger partial charge in [0.05, 0.1) is 0 Å². The summed E-state index contributed by atoms with van der Waals surface area (Å²) in [6.45, 7) is 6.74. The number of hydrogen-bond acceptors (Lipinski definition) is 1. The molecular weight excluding hydrogens is 172 g/mol. The maximum Gasteiger partial charge on any atom is 0.0459 e. The summed E-state index contributed by atoms with van der Waals surface area (Å²) in [4.78, 5) is 0. The monoisotopic (exact) mass is 192 g/mol. The average molecular weight is 192 g/mol. The molecule has 0 aliphatic rings. The van der Waals surface area contributed by atoms with Crippen molar-refractivity contribution in [2.75, 3.05) is 6.61 Å². The normalized spacial score (nSPS) is 13.2. The summed E-state index contributed by atoms with van der Waals surface area (Å²) in [7, 11) is 0. The Kier molecular flexibility index (Phi) is 4.15. The van der Waals surface area contributed by atoms with Crippen molar-refractivity contribution in [3.05, 3.63) is 35.4 Å². The van der Waals surface area contributed by atoms with Crippen LogP contribution in [-0.4, -0.2) is 11.7 Å². The second-order valence-electron chi connectivity index (χ2n) is 4.39. The Bertz CT molecular complexity index is 261. The minimum atomic E-state index is 0.270. The SMILES string of the molecule is CC(C)c1ccc(C[C@H](C)CO)cc1. The molecule has 0 saturated heterocycles. The highest BCUT2D eigenvalue weighted by atomic mass is 16.3. The molecule has 0 bridgehead atoms. The van der Waals surface area contributed by atoms with Gasteiger partial charge in [-0.1, -0.05) is 45.0 Å². The lowest BCUT2D eigenvalue weighted by molar-refractivity contribution is 0.237. The zero-order valence-electron chi connectivity index (χ0n) is 9.33. The molecular formula is C13H20O. The van der Waals surface area contributed by atoms with Crippen molar-refractivity contribution in [1.29, 1.82) is 0 Å². The zero-order valence-corrected chi connectivity index (χ0v) is 9.33. The van der Waals surface area contributed by atoms with Crippen LogP contribution in [0.5, 0.6) is 0 Å². The van der Waals surface area contributed by atoms with Gasteiger partial charge in [0, 0.05) is 6.61 Å². The molecule has 0 fully saturated rings. The van der Waals surface area contributed by atoms with E-state index in [1.165, 1.54) is 11.1 Å². The van der Waals surface area contributed by atoms with Crippen LogP contribution in [0.25, 0.3) is 0 Å². The van der Waals surface area contributed by atoms with E-state index in [1.54, 1.807) is 0 Å². The van der Waals surface area contributed by atoms with Gasteiger partial charge in [-0.25, -0.2) is 0 Å². The van der Waals surface area contributed by atoms with Crippen LogP contribution in [0.2, 0.25) is 0 Å². The summed E-state index contributed by atoms with van der Waals surface area (Å²) in [6.07, 6.45) is 0.967. The fourth-order valence-electron chi connectivity index (χ4n) is 1.51. The first kappa shape index (κ1) is 11.3. The van der Waals surface area contributed by atoms with Gasteiger partial charge in [0.2, 0.25) is 0 Å². The van der Waals surface area contributed by atoms with Crippen LogP contribution < -0.4 is 0 Å². The third kappa shape index (κ3) is 3.15. The number of aliphatic hydroxyl groups is 1. The summed E-state index contributed by atoms with van der Waals surface area (Å²) >= 11 is 0. The molecule has 1 atom stereocenters. The van der Waals surface area contributed by atoms with Gasteiger partial charge in [-0.05, 0) is 29.4 Å². The Morgan fingerprint density at radius 3 is 2.07 bits per heavy atom. The van der Waals surface area contributed by atoms with E-state index >= 15 is 0 Å². The van der Waals surface area contributed by atoms with Gasteiger partial charge in [-0.15, -0.1) is 0 Å². The molecule has 1 N–H and O–H groups in total. The topological polar surface area (TPSA) is 20.2 Å². The van der Waals surface area contributed by atoms with Crippen molar-refractivity contribution < 1.29 is 5.11 Å². The second-order valence-corrected chi connectivity index (χ2v) is 4.39. The Balaban J connectivity index is 2.64. The third-order valence-electron chi connectivity index (χ3n) is 2.54. The Labute approximate surface area is 86.8 Å². The molecule has 1 heteroatoms. The van der Waals surface area contributed by atoms with Crippen LogP contribution in [0.15, 0.2) is 24.3 Å². The van der Waals surface area contributed by atoms with E-state index in [1.807, 2.05) is 0 Å². The van der Waals surface area contributed by atoms with Crippen LogP contribution in [0.1, 0.15) is 37.8 Å². The van der Waals surface area contributed by atoms with Gasteiger partial charge in [-0.3, -0.25) is 0 Å². The van der Waals surface area contributed by atoms with Crippen molar-refractivity contribution in [3.8, 4) is 0 Å². The summed E-state index contributed by atoms with van der Waals surface area (Å²) in [5, 5.41) is 8.94. The van der Waals surface area contributed by atoms with Crippen molar-refractivity contribution in [2.45, 2.75) is 33.1 Å². The van der Waals surface area contributed by atoms with Gasteiger partial charge in [0.15, 0.2) is 0 Å². The summed E-state index contributed by atoms with van der Waals surface area (Å²) in [5.41, 5.74) is 2.70. The van der Waals surface area contributed by atoms with Crippen LogP contribution in [-0.2, 0) is 6.42 Å².